The number of carboxylic acid groups (broad SMARTS) is 1. The van der Waals surface area contributed by atoms with Crippen molar-refractivity contribution in [1.29, 1.82) is 0 Å². The van der Waals surface area contributed by atoms with Gasteiger partial charge in [0.05, 0.1) is 11.3 Å². The Kier molecular flexibility index (Phi) is 4.78. The molecule has 4 rings (SSSR count). The predicted molar refractivity (Wildman–Crippen MR) is 87.2 cm³/mol. The van der Waals surface area contributed by atoms with Gasteiger partial charge in [-0.2, -0.15) is 0 Å². The van der Waals surface area contributed by atoms with Gasteiger partial charge in [0, 0.05) is 18.8 Å². The molecule has 3 heterocycles. The van der Waals surface area contributed by atoms with Crippen LogP contribution in [0.25, 0.3) is 0 Å². The number of fused-ring (bicyclic) bond motifs is 2. The van der Waals surface area contributed by atoms with Gasteiger partial charge in [0.15, 0.2) is 0 Å². The molecule has 1 saturated heterocycles. The summed E-state index contributed by atoms with van der Waals surface area (Å²) in [6, 6.07) is 0.916. The number of nitrogens with zero attached hydrogens (tertiary/aromatic N) is 1. The fraction of sp³-hybridized carbons (Fsp3) is 0.500. The first kappa shape index (κ1) is 15.1. The van der Waals surface area contributed by atoms with Gasteiger partial charge in [0.1, 0.15) is 0 Å². The first-order chi connectivity index (χ1) is 10.8. The van der Waals surface area contributed by atoms with Crippen LogP contribution < -0.4 is 5.32 Å². The van der Waals surface area contributed by atoms with E-state index in [9.17, 15) is 4.79 Å². The molecule has 0 radical (unpaired) electrons. The Labute approximate surface area is 131 Å². The van der Waals surface area contributed by atoms with E-state index in [1.54, 1.807) is 12.2 Å². The average molecular weight is 300 g/mol. The molecule has 4 nitrogen and oxygen atoms in total. The van der Waals surface area contributed by atoms with Crippen LogP contribution in [0.1, 0.15) is 32.1 Å². The molecule has 4 heteroatoms. The number of carbonyl (C=O) groups is 1. The molecule has 2 fully saturated rings. The number of allylic oxidation sites excluding steroid dienone is 4. The molecule has 0 aromatic heterocycles. The molecular formula is C18H24N2O2. The molecule has 2 atom stereocenters. The molecule has 0 spiro atoms. The van der Waals surface area contributed by atoms with Gasteiger partial charge in [-0.25, -0.2) is 4.79 Å². The Bertz CT molecular complexity index is 533. The highest BCUT2D eigenvalue weighted by molar-refractivity contribution is 5.92. The zero-order valence-electron chi connectivity index (χ0n) is 12.9. The summed E-state index contributed by atoms with van der Waals surface area (Å²) in [5.74, 6) is 0.176. The summed E-state index contributed by atoms with van der Waals surface area (Å²) in [6.07, 6.45) is 18.3. The van der Waals surface area contributed by atoms with Crippen molar-refractivity contribution in [1.82, 2.24) is 10.2 Å². The third kappa shape index (κ3) is 3.33. The van der Waals surface area contributed by atoms with Crippen molar-refractivity contribution in [3.05, 3.63) is 47.9 Å². The van der Waals surface area contributed by atoms with Crippen LogP contribution in [0.2, 0.25) is 0 Å². The molecule has 2 N–H and O–H groups in total. The Morgan fingerprint density at radius 2 is 2.05 bits per heavy atom. The maximum absolute atomic E-state index is 10.8. The van der Waals surface area contributed by atoms with E-state index >= 15 is 0 Å². The molecular weight excluding hydrogens is 276 g/mol. The van der Waals surface area contributed by atoms with Crippen molar-refractivity contribution in [3.63, 3.8) is 0 Å². The number of aliphatic carboxylic acids is 1. The van der Waals surface area contributed by atoms with Crippen LogP contribution in [0.5, 0.6) is 0 Å². The second-order valence-corrected chi connectivity index (χ2v) is 6.25. The van der Waals surface area contributed by atoms with Crippen LogP contribution in [0.4, 0.5) is 0 Å². The first-order valence-electron chi connectivity index (χ1n) is 8.25. The number of carboxylic acids is 1. The number of nitrogens with one attached hydrogen (secondary N) is 1. The standard InChI is InChI=1S/C10H9NO2.C8H15N/c12-10(13)8-4-3-7-11-6-2-1-5-9(8)11;1-2-4-8-7(3-1)5-6-9-8/h1-5,7H,6H2,(H,12,13);7-9H,1-6H2. The lowest BCUT2D eigenvalue weighted by atomic mass is 9.86. The van der Waals surface area contributed by atoms with Crippen LogP contribution in [-0.2, 0) is 4.79 Å². The monoisotopic (exact) mass is 300 g/mol. The Morgan fingerprint density at radius 1 is 1.18 bits per heavy atom. The third-order valence-electron chi connectivity index (χ3n) is 4.87. The highest BCUT2D eigenvalue weighted by Crippen LogP contribution is 2.30. The van der Waals surface area contributed by atoms with Gasteiger partial charge in [0.25, 0.3) is 0 Å². The van der Waals surface area contributed by atoms with Crippen molar-refractivity contribution in [2.75, 3.05) is 13.1 Å². The van der Waals surface area contributed by atoms with Gasteiger partial charge >= 0.3 is 5.97 Å². The van der Waals surface area contributed by atoms with Crippen LogP contribution in [0.3, 0.4) is 0 Å². The Hall–Kier alpha value is -1.81. The van der Waals surface area contributed by atoms with Gasteiger partial charge in [-0.15, -0.1) is 0 Å². The molecule has 2 unspecified atom stereocenters. The highest BCUT2D eigenvalue weighted by atomic mass is 16.4. The van der Waals surface area contributed by atoms with Gasteiger partial charge in [-0.05, 0) is 50.0 Å². The lowest BCUT2D eigenvalue weighted by Crippen LogP contribution is -2.29. The summed E-state index contributed by atoms with van der Waals surface area (Å²) in [7, 11) is 0. The first-order valence-corrected chi connectivity index (χ1v) is 8.25. The highest BCUT2D eigenvalue weighted by Gasteiger charge is 2.28. The number of rotatable bonds is 1. The molecule has 118 valence electrons. The van der Waals surface area contributed by atoms with E-state index in [1.807, 2.05) is 29.3 Å². The van der Waals surface area contributed by atoms with E-state index in [-0.39, 0.29) is 0 Å². The lowest BCUT2D eigenvalue weighted by molar-refractivity contribution is -0.132. The molecule has 1 aliphatic carbocycles. The number of hydrogen-bond donors (Lipinski definition) is 2. The Balaban J connectivity index is 0.000000139. The van der Waals surface area contributed by atoms with Crippen LogP contribution >= 0.6 is 0 Å². The Morgan fingerprint density at radius 3 is 2.86 bits per heavy atom. The minimum Gasteiger partial charge on any atom is -0.478 e. The zero-order chi connectivity index (χ0) is 15.4. The fourth-order valence-corrected chi connectivity index (χ4v) is 3.70. The molecule has 4 aliphatic rings. The third-order valence-corrected chi connectivity index (χ3v) is 4.87. The van der Waals surface area contributed by atoms with E-state index in [0.29, 0.717) is 5.57 Å². The summed E-state index contributed by atoms with van der Waals surface area (Å²) < 4.78 is 0. The molecule has 0 aromatic rings. The van der Waals surface area contributed by atoms with Crippen LogP contribution in [0.15, 0.2) is 47.9 Å². The molecule has 1 saturated carbocycles. The molecule has 22 heavy (non-hydrogen) atoms. The van der Waals surface area contributed by atoms with E-state index in [0.717, 1.165) is 24.2 Å². The average Bonchev–Trinajstić information content (AvgIpc) is 3.03. The van der Waals surface area contributed by atoms with Crippen molar-refractivity contribution < 1.29 is 9.90 Å². The summed E-state index contributed by atoms with van der Waals surface area (Å²) in [5.41, 5.74) is 1.12. The summed E-state index contributed by atoms with van der Waals surface area (Å²) in [5, 5.41) is 12.4. The van der Waals surface area contributed by atoms with Gasteiger partial charge in [0.2, 0.25) is 0 Å². The molecule has 0 aromatic carbocycles. The van der Waals surface area contributed by atoms with Crippen LogP contribution in [-0.4, -0.2) is 35.1 Å². The van der Waals surface area contributed by atoms with Crippen molar-refractivity contribution in [2.45, 2.75) is 38.1 Å². The zero-order valence-corrected chi connectivity index (χ0v) is 12.9. The smallest absolute Gasteiger partial charge is 0.337 e. The largest absolute Gasteiger partial charge is 0.478 e. The van der Waals surface area contributed by atoms with E-state index in [1.165, 1.54) is 38.6 Å². The second kappa shape index (κ2) is 6.97. The lowest BCUT2D eigenvalue weighted by Gasteiger charge is -2.26. The topological polar surface area (TPSA) is 52.6 Å². The fourth-order valence-electron chi connectivity index (χ4n) is 3.70. The molecule has 3 aliphatic heterocycles. The van der Waals surface area contributed by atoms with Gasteiger partial charge in [-0.1, -0.05) is 25.0 Å². The normalized spacial score (nSPS) is 28.8. The van der Waals surface area contributed by atoms with Crippen molar-refractivity contribution >= 4 is 5.97 Å². The van der Waals surface area contributed by atoms with Crippen molar-refractivity contribution in [3.8, 4) is 0 Å². The van der Waals surface area contributed by atoms with Crippen LogP contribution in [0, 0.1) is 5.92 Å². The second-order valence-electron chi connectivity index (χ2n) is 6.25. The SMILES string of the molecule is C1CCC2NCCC2C1.O=C(O)C1=CC=CN2CC=CC=C12. The summed E-state index contributed by atoms with van der Waals surface area (Å²) in [4.78, 5) is 12.7. The van der Waals surface area contributed by atoms with Crippen molar-refractivity contribution in [2.24, 2.45) is 5.92 Å². The summed E-state index contributed by atoms with van der Waals surface area (Å²) >= 11 is 0. The quantitative estimate of drug-likeness (QED) is 0.782. The molecule has 0 bridgehead atoms. The van der Waals surface area contributed by atoms with E-state index < -0.39 is 5.97 Å². The maximum Gasteiger partial charge on any atom is 0.337 e. The van der Waals surface area contributed by atoms with E-state index in [2.05, 4.69) is 5.32 Å². The van der Waals surface area contributed by atoms with Gasteiger partial charge < -0.3 is 15.3 Å². The summed E-state index contributed by atoms with van der Waals surface area (Å²) in [6.45, 7) is 2.03. The van der Waals surface area contributed by atoms with Gasteiger partial charge in [-0.3, -0.25) is 0 Å². The minimum atomic E-state index is -0.879. The minimum absolute atomic E-state index is 0.354. The maximum atomic E-state index is 10.8. The molecule has 0 amide bonds. The van der Waals surface area contributed by atoms with E-state index in [4.69, 9.17) is 5.11 Å². The predicted octanol–water partition coefficient (Wildman–Crippen LogP) is 2.82. The number of hydrogen-bond acceptors (Lipinski definition) is 3.